The summed E-state index contributed by atoms with van der Waals surface area (Å²) in [4.78, 5) is 14.6. The predicted molar refractivity (Wildman–Crippen MR) is 99.7 cm³/mol. The normalized spacial score (nSPS) is 18.4. The van der Waals surface area contributed by atoms with E-state index in [0.29, 0.717) is 19.8 Å². The topological polar surface area (TPSA) is 50.8 Å². The summed E-state index contributed by atoms with van der Waals surface area (Å²) in [7, 11) is 0. The smallest absolute Gasteiger partial charge is 0.318 e. The number of halogens is 2. The highest BCUT2D eigenvalue weighted by Gasteiger charge is 2.33. The predicted octanol–water partition coefficient (Wildman–Crippen LogP) is 4.44. The maximum Gasteiger partial charge on any atom is 0.318 e. The number of benzene rings is 2. The van der Waals surface area contributed by atoms with Crippen LogP contribution in [-0.4, -0.2) is 30.7 Å². The van der Waals surface area contributed by atoms with Crippen LogP contribution in [0.2, 0.25) is 0 Å². The van der Waals surface area contributed by atoms with E-state index < -0.39 is 6.43 Å². The van der Waals surface area contributed by atoms with E-state index in [-0.39, 0.29) is 24.2 Å². The molecular formula is C21H22F2N2O3. The van der Waals surface area contributed by atoms with Gasteiger partial charge in [0.2, 0.25) is 0 Å². The molecule has 2 heterocycles. The number of fused-ring (bicyclic) bond motifs is 1. The zero-order valence-corrected chi connectivity index (χ0v) is 15.4. The molecule has 2 aromatic carbocycles. The van der Waals surface area contributed by atoms with Crippen molar-refractivity contribution in [2.24, 2.45) is 0 Å². The Kier molecular flexibility index (Phi) is 5.32. The molecule has 2 aliphatic heterocycles. The van der Waals surface area contributed by atoms with E-state index in [1.807, 2.05) is 18.2 Å². The van der Waals surface area contributed by atoms with Gasteiger partial charge in [-0.3, -0.25) is 0 Å². The van der Waals surface area contributed by atoms with Gasteiger partial charge in [0.25, 0.3) is 6.43 Å². The van der Waals surface area contributed by atoms with E-state index >= 15 is 0 Å². The first kappa shape index (κ1) is 18.5. The van der Waals surface area contributed by atoms with Crippen molar-refractivity contribution in [3.63, 3.8) is 0 Å². The molecule has 5 nitrogen and oxygen atoms in total. The Balaban J connectivity index is 1.44. The summed E-state index contributed by atoms with van der Waals surface area (Å²) in [5.41, 5.74) is 1.72. The average Bonchev–Trinajstić information content (AvgIpc) is 3.21. The van der Waals surface area contributed by atoms with Gasteiger partial charge in [0.15, 0.2) is 11.5 Å². The van der Waals surface area contributed by atoms with Crippen LogP contribution >= 0.6 is 0 Å². The summed E-state index contributed by atoms with van der Waals surface area (Å²) in [6.07, 6.45) is -0.723. The highest BCUT2D eigenvalue weighted by atomic mass is 19.3. The third kappa shape index (κ3) is 3.74. The molecule has 0 aliphatic carbocycles. The van der Waals surface area contributed by atoms with Crippen LogP contribution in [0.5, 0.6) is 11.5 Å². The number of carbonyl (C=O) groups excluding carboxylic acids is 1. The van der Waals surface area contributed by atoms with Gasteiger partial charge >= 0.3 is 6.03 Å². The maximum absolute atomic E-state index is 12.8. The number of alkyl halides is 2. The van der Waals surface area contributed by atoms with Crippen LogP contribution in [0.3, 0.4) is 0 Å². The lowest BCUT2D eigenvalue weighted by Crippen LogP contribution is -2.39. The molecule has 2 amide bonds. The van der Waals surface area contributed by atoms with Gasteiger partial charge in [0.05, 0.1) is 6.04 Å². The van der Waals surface area contributed by atoms with Gasteiger partial charge in [0.1, 0.15) is 13.2 Å². The summed E-state index contributed by atoms with van der Waals surface area (Å²) in [6, 6.07) is 11.5. The fraction of sp³-hybridized carbons (Fsp3) is 0.381. The zero-order chi connectivity index (χ0) is 19.5. The lowest BCUT2D eigenvalue weighted by Gasteiger charge is -2.29. The van der Waals surface area contributed by atoms with Crippen molar-refractivity contribution >= 4 is 6.03 Å². The number of likely N-dealkylation sites (tertiary alicyclic amines) is 1. The van der Waals surface area contributed by atoms with Crippen molar-refractivity contribution in [1.29, 1.82) is 0 Å². The number of ether oxygens (including phenoxy) is 2. The molecule has 1 saturated heterocycles. The number of nitrogens with zero attached hydrogens (tertiary/aromatic N) is 1. The third-order valence-electron chi connectivity index (χ3n) is 5.14. The van der Waals surface area contributed by atoms with Gasteiger partial charge in [-0.05, 0) is 24.5 Å². The summed E-state index contributed by atoms with van der Waals surface area (Å²) in [6.45, 7) is 1.97. The first-order chi connectivity index (χ1) is 13.6. The average molecular weight is 388 g/mol. The monoisotopic (exact) mass is 388 g/mol. The number of carbonyl (C=O) groups is 1. The molecule has 0 spiro atoms. The number of para-hydroxylation sites is 1. The van der Waals surface area contributed by atoms with Crippen molar-refractivity contribution in [2.75, 3.05) is 19.8 Å². The molecule has 2 aromatic rings. The number of hydrogen-bond donors (Lipinski definition) is 1. The molecular weight excluding hydrogens is 366 g/mol. The number of amides is 2. The molecule has 0 bridgehead atoms. The second-order valence-corrected chi connectivity index (χ2v) is 6.92. The molecule has 4 rings (SSSR count). The van der Waals surface area contributed by atoms with Crippen molar-refractivity contribution in [2.45, 2.75) is 31.9 Å². The summed E-state index contributed by atoms with van der Waals surface area (Å²) in [5.74, 6) is 1.44. The van der Waals surface area contributed by atoms with Crippen LogP contribution in [0.1, 0.15) is 42.0 Å². The van der Waals surface area contributed by atoms with E-state index in [0.717, 1.165) is 35.5 Å². The number of hydrogen-bond acceptors (Lipinski definition) is 3. The minimum absolute atomic E-state index is 0.0225. The first-order valence-electron chi connectivity index (χ1n) is 9.43. The number of nitrogens with one attached hydrogen (secondary N) is 1. The van der Waals surface area contributed by atoms with E-state index in [9.17, 15) is 13.6 Å². The van der Waals surface area contributed by atoms with Gasteiger partial charge in [-0.2, -0.15) is 0 Å². The minimum atomic E-state index is -2.49. The fourth-order valence-corrected chi connectivity index (χ4v) is 3.75. The molecule has 148 valence electrons. The van der Waals surface area contributed by atoms with Crippen LogP contribution in [0, 0.1) is 0 Å². The van der Waals surface area contributed by atoms with E-state index in [2.05, 4.69) is 5.32 Å². The first-order valence-corrected chi connectivity index (χ1v) is 9.43. The molecule has 1 unspecified atom stereocenters. The maximum atomic E-state index is 12.8. The molecule has 1 N–H and O–H groups in total. The zero-order valence-electron chi connectivity index (χ0n) is 15.4. The molecule has 1 fully saturated rings. The second-order valence-electron chi connectivity index (χ2n) is 6.92. The standard InChI is InChI=1S/C21H22F2N2O3/c22-20(23)15-8-6-14(7-9-15)13-24-21(26)25-10-2-4-17(25)16-3-1-5-18-19(16)28-12-11-27-18/h1,3,5-9,17,20H,2,4,10-13H2,(H,24,26). The highest BCUT2D eigenvalue weighted by molar-refractivity contribution is 5.75. The van der Waals surface area contributed by atoms with Crippen LogP contribution in [0.4, 0.5) is 13.6 Å². The van der Waals surface area contributed by atoms with Crippen molar-refractivity contribution in [3.05, 3.63) is 59.2 Å². The number of rotatable bonds is 4. The summed E-state index contributed by atoms with van der Waals surface area (Å²) < 4.78 is 36.8. The Morgan fingerprint density at radius 2 is 1.93 bits per heavy atom. The lowest BCUT2D eigenvalue weighted by molar-refractivity contribution is 0.151. The minimum Gasteiger partial charge on any atom is -0.486 e. The van der Waals surface area contributed by atoms with Crippen LogP contribution in [-0.2, 0) is 6.54 Å². The Morgan fingerprint density at radius 1 is 1.14 bits per heavy atom. The van der Waals surface area contributed by atoms with Crippen molar-refractivity contribution in [1.82, 2.24) is 10.2 Å². The summed E-state index contributed by atoms with van der Waals surface area (Å²) >= 11 is 0. The van der Waals surface area contributed by atoms with Gasteiger partial charge < -0.3 is 19.7 Å². The SMILES string of the molecule is O=C(NCc1ccc(C(F)F)cc1)N1CCCC1c1cccc2c1OCCO2. The molecule has 0 aromatic heterocycles. The van der Waals surface area contributed by atoms with Gasteiger partial charge in [-0.15, -0.1) is 0 Å². The van der Waals surface area contributed by atoms with E-state index in [4.69, 9.17) is 9.47 Å². The molecule has 0 radical (unpaired) electrons. The Bertz CT molecular complexity index is 842. The van der Waals surface area contributed by atoms with Crippen molar-refractivity contribution in [3.8, 4) is 11.5 Å². The van der Waals surface area contributed by atoms with Crippen LogP contribution in [0.25, 0.3) is 0 Å². The fourth-order valence-electron chi connectivity index (χ4n) is 3.75. The van der Waals surface area contributed by atoms with E-state index in [1.54, 1.807) is 17.0 Å². The van der Waals surface area contributed by atoms with Gasteiger partial charge in [0, 0.05) is 24.2 Å². The Morgan fingerprint density at radius 3 is 2.71 bits per heavy atom. The molecule has 7 heteroatoms. The van der Waals surface area contributed by atoms with Crippen LogP contribution in [0.15, 0.2) is 42.5 Å². The quantitative estimate of drug-likeness (QED) is 0.842. The highest BCUT2D eigenvalue weighted by Crippen LogP contribution is 2.42. The molecule has 1 atom stereocenters. The third-order valence-corrected chi connectivity index (χ3v) is 5.14. The van der Waals surface area contributed by atoms with E-state index in [1.165, 1.54) is 12.1 Å². The largest absolute Gasteiger partial charge is 0.486 e. The van der Waals surface area contributed by atoms with Gasteiger partial charge in [-0.1, -0.05) is 36.4 Å². The Hall–Kier alpha value is -2.83. The molecule has 28 heavy (non-hydrogen) atoms. The summed E-state index contributed by atoms with van der Waals surface area (Å²) in [5, 5.41) is 2.90. The van der Waals surface area contributed by atoms with Crippen LogP contribution < -0.4 is 14.8 Å². The molecule has 2 aliphatic rings. The number of urea groups is 1. The lowest BCUT2D eigenvalue weighted by atomic mass is 10.0. The Labute approximate surface area is 162 Å². The second kappa shape index (κ2) is 8.04. The van der Waals surface area contributed by atoms with Crippen molar-refractivity contribution < 1.29 is 23.0 Å². The molecule has 0 saturated carbocycles. The van der Waals surface area contributed by atoms with Gasteiger partial charge in [-0.25, -0.2) is 13.6 Å².